The van der Waals surface area contributed by atoms with Crippen LogP contribution in [0.2, 0.25) is 0 Å². The van der Waals surface area contributed by atoms with Gasteiger partial charge in [-0.15, -0.1) is 0 Å². The Morgan fingerprint density at radius 2 is 1.60 bits per heavy atom. The average molecular weight is 565 g/mol. The van der Waals surface area contributed by atoms with Gasteiger partial charge >= 0.3 is 178 Å². The van der Waals surface area contributed by atoms with Crippen molar-refractivity contribution >= 4 is 44.2 Å². The van der Waals surface area contributed by atoms with Crippen molar-refractivity contribution in [1.82, 2.24) is 0 Å². The molecule has 0 aromatic heterocycles. The summed E-state index contributed by atoms with van der Waals surface area (Å²) in [7, 11) is -6.64. The number of carbonyl (C=O) groups is 1. The van der Waals surface area contributed by atoms with Gasteiger partial charge in [0.05, 0.1) is 0 Å². The third-order valence-electron chi connectivity index (χ3n) is 3.61. The van der Waals surface area contributed by atoms with Crippen LogP contribution in [0.4, 0.5) is 17.6 Å². The van der Waals surface area contributed by atoms with E-state index in [9.17, 15) is 45.5 Å². The predicted molar refractivity (Wildman–Crippen MR) is 95.7 cm³/mol. The topological polar surface area (TPSA) is 124 Å². The molecular weight excluding hydrogens is 552 g/mol. The molecule has 0 saturated carbocycles. The molecule has 0 aliphatic rings. The summed E-state index contributed by atoms with van der Waals surface area (Å²) in [5.41, 5.74) is 0. The van der Waals surface area contributed by atoms with Crippen LogP contribution in [0, 0.1) is 0 Å². The molecule has 2 N–H and O–H groups in total. The van der Waals surface area contributed by atoms with Crippen LogP contribution in [0.5, 0.6) is 17.2 Å². The molecule has 0 spiro atoms. The van der Waals surface area contributed by atoms with Gasteiger partial charge in [0.1, 0.15) is 0 Å². The molecule has 0 bridgehead atoms. The third-order valence-corrected chi connectivity index (χ3v) is 7.38. The van der Waals surface area contributed by atoms with Gasteiger partial charge in [0, 0.05) is 0 Å². The first-order chi connectivity index (χ1) is 13.7. The van der Waals surface area contributed by atoms with E-state index in [1.165, 1.54) is 30.3 Å². The molecule has 0 atom stereocenters. The Kier molecular flexibility index (Phi) is 7.24. The number of hydrogen-bond acceptors (Lipinski definition) is 7. The summed E-state index contributed by atoms with van der Waals surface area (Å²) in [5, 5.41) is 13.3. The number of phenols is 2. The molecule has 0 amide bonds. The predicted octanol–water partition coefficient (Wildman–Crippen LogP) is 1.21. The second-order valence-corrected chi connectivity index (χ2v) is 10.6. The van der Waals surface area contributed by atoms with Gasteiger partial charge < -0.3 is 0 Å². The van der Waals surface area contributed by atoms with Crippen LogP contribution in [0.1, 0.15) is 12.8 Å². The number of aromatic hydroxyl groups is 2. The minimum atomic E-state index is -6.64. The number of benzene rings is 2. The molecule has 0 unspecified atom stereocenters. The molecule has 0 saturated heterocycles. The Bertz CT molecular complexity index is 1030. The van der Waals surface area contributed by atoms with E-state index in [1.54, 1.807) is 12.1 Å². The maximum absolute atomic E-state index is 13.4. The normalized spacial score (nSPS) is 12.6. The van der Waals surface area contributed by atoms with Crippen molar-refractivity contribution in [3.63, 3.8) is 0 Å². The van der Waals surface area contributed by atoms with Gasteiger partial charge in [-0.2, -0.15) is 0 Å². The molecule has 0 fully saturated rings. The van der Waals surface area contributed by atoms with Gasteiger partial charge in [-0.05, 0) is 0 Å². The Hall–Kier alpha value is -2.07. The molecular formula is C17H13F4O7STe-. The van der Waals surface area contributed by atoms with Crippen molar-refractivity contribution in [3.8, 4) is 17.2 Å². The summed E-state index contributed by atoms with van der Waals surface area (Å²) < 4.78 is 90.0. The van der Waals surface area contributed by atoms with Crippen LogP contribution in [-0.4, -0.2) is 61.3 Å². The van der Waals surface area contributed by atoms with Gasteiger partial charge in [0.2, 0.25) is 0 Å². The van der Waals surface area contributed by atoms with Crippen molar-refractivity contribution < 1.29 is 50.3 Å². The summed E-state index contributed by atoms with van der Waals surface area (Å²) in [6, 6.07) is 10.3. The van der Waals surface area contributed by atoms with Crippen molar-refractivity contribution in [3.05, 3.63) is 42.5 Å². The second kappa shape index (κ2) is 8.97. The SMILES string of the molecule is O=C(CCC(F)(F)C(F)(F)S(=O)(=O)[O-])Oc1ccc([Te]c2ccc(O)cc2)cc1O. The van der Waals surface area contributed by atoms with Gasteiger partial charge in [0.25, 0.3) is 0 Å². The maximum atomic E-state index is 13.4. The monoisotopic (exact) mass is 567 g/mol. The van der Waals surface area contributed by atoms with Gasteiger partial charge in [-0.3, -0.25) is 0 Å². The van der Waals surface area contributed by atoms with E-state index in [-0.39, 0.29) is 5.75 Å². The number of esters is 1. The van der Waals surface area contributed by atoms with E-state index in [1.807, 2.05) is 0 Å². The van der Waals surface area contributed by atoms with Crippen LogP contribution in [-0.2, 0) is 14.9 Å². The zero-order valence-electron chi connectivity index (χ0n) is 14.7. The van der Waals surface area contributed by atoms with Gasteiger partial charge in [-0.1, -0.05) is 0 Å². The summed E-state index contributed by atoms with van der Waals surface area (Å²) in [6.45, 7) is 0. The number of hydrogen-bond donors (Lipinski definition) is 2. The van der Waals surface area contributed by atoms with Gasteiger partial charge in [0.15, 0.2) is 0 Å². The van der Waals surface area contributed by atoms with Crippen LogP contribution in [0.25, 0.3) is 0 Å². The summed E-state index contributed by atoms with van der Waals surface area (Å²) >= 11 is -0.964. The summed E-state index contributed by atoms with van der Waals surface area (Å²) in [5.74, 6) is -7.54. The number of halogens is 4. The fourth-order valence-electron chi connectivity index (χ4n) is 2.06. The summed E-state index contributed by atoms with van der Waals surface area (Å²) in [6.07, 6.45) is -3.28. The first kappa shape index (κ1) is 24.2. The second-order valence-electron chi connectivity index (χ2n) is 5.87. The zero-order valence-corrected chi connectivity index (χ0v) is 17.9. The molecule has 0 heterocycles. The Balaban J connectivity index is 2.01. The standard InChI is InChI=1S/C17H14F4O7STe/c18-16(19,17(20,21)29(25,26)27)8-7-15(24)28-14-6-5-12(9-13(14)23)30-11-3-1-10(22)2-4-11/h1-6,9,22-23H,7-8H2,(H,25,26,27)/p-1. The Morgan fingerprint density at radius 3 is 2.13 bits per heavy atom. The number of rotatable bonds is 8. The molecule has 0 aliphatic heterocycles. The molecule has 164 valence electrons. The van der Waals surface area contributed by atoms with Crippen molar-refractivity contribution in [2.45, 2.75) is 24.0 Å². The first-order valence-electron chi connectivity index (χ1n) is 7.94. The fourth-order valence-corrected chi connectivity index (χ4v) is 4.95. The van der Waals surface area contributed by atoms with Crippen LogP contribution in [0.3, 0.4) is 0 Å². The van der Waals surface area contributed by atoms with E-state index in [4.69, 9.17) is 0 Å². The number of carbonyl (C=O) groups excluding carboxylic acids is 1. The van der Waals surface area contributed by atoms with E-state index in [0.29, 0.717) is 3.61 Å². The minimum absolute atomic E-state index is 0.0903. The number of ether oxygens (including phenoxy) is 1. The molecule has 7 nitrogen and oxygen atoms in total. The third kappa shape index (κ3) is 5.75. The number of alkyl halides is 4. The quantitative estimate of drug-likeness (QED) is 0.162. The van der Waals surface area contributed by atoms with Crippen LogP contribution in [0.15, 0.2) is 42.5 Å². The molecule has 30 heavy (non-hydrogen) atoms. The van der Waals surface area contributed by atoms with Crippen molar-refractivity contribution in [1.29, 1.82) is 0 Å². The van der Waals surface area contributed by atoms with Crippen LogP contribution < -0.4 is 12.0 Å². The fraction of sp³-hybridized carbons (Fsp3) is 0.235. The van der Waals surface area contributed by atoms with E-state index >= 15 is 0 Å². The average Bonchev–Trinajstić information content (AvgIpc) is 2.63. The first-order valence-corrected chi connectivity index (χ1v) is 11.7. The van der Waals surface area contributed by atoms with Crippen molar-refractivity contribution in [2.75, 3.05) is 0 Å². The van der Waals surface area contributed by atoms with Gasteiger partial charge in [-0.25, -0.2) is 0 Å². The Labute approximate surface area is 178 Å². The van der Waals surface area contributed by atoms with E-state index in [2.05, 4.69) is 4.74 Å². The summed E-state index contributed by atoms with van der Waals surface area (Å²) in [4.78, 5) is 11.6. The van der Waals surface area contributed by atoms with Crippen molar-refractivity contribution in [2.24, 2.45) is 0 Å². The van der Waals surface area contributed by atoms with Crippen LogP contribution >= 0.6 is 0 Å². The van der Waals surface area contributed by atoms with E-state index < -0.39 is 72.5 Å². The van der Waals surface area contributed by atoms with E-state index in [0.717, 1.165) is 3.61 Å². The zero-order chi connectivity index (χ0) is 22.7. The Morgan fingerprint density at radius 1 is 1.03 bits per heavy atom. The molecule has 2 rings (SSSR count). The molecule has 0 aliphatic carbocycles. The molecule has 2 aromatic carbocycles. The molecule has 2 aromatic rings. The molecule has 13 heteroatoms. The number of phenolic OH excluding ortho intramolecular Hbond substituents is 2. The molecule has 0 radical (unpaired) electrons.